The van der Waals surface area contributed by atoms with Gasteiger partial charge in [-0.25, -0.2) is 0 Å². The van der Waals surface area contributed by atoms with Gasteiger partial charge in [-0.3, -0.25) is 9.59 Å². The van der Waals surface area contributed by atoms with Crippen molar-refractivity contribution in [1.29, 1.82) is 0 Å². The zero-order chi connectivity index (χ0) is 15.6. The number of nitrogens with one attached hydrogen (secondary N) is 1. The van der Waals surface area contributed by atoms with E-state index in [1.54, 1.807) is 4.90 Å². The second-order valence-electron chi connectivity index (χ2n) is 7.05. The summed E-state index contributed by atoms with van der Waals surface area (Å²) in [7, 11) is 0. The average molecular weight is 288 g/mol. The van der Waals surface area contributed by atoms with Crippen molar-refractivity contribution >= 4 is 17.5 Å². The number of rotatable bonds is 3. The lowest BCUT2D eigenvalue weighted by Gasteiger charge is -2.20. The van der Waals surface area contributed by atoms with Crippen LogP contribution in [0.3, 0.4) is 0 Å². The maximum Gasteiger partial charge on any atom is 0.229 e. The predicted octanol–water partition coefficient (Wildman–Crippen LogP) is 2.65. The molecule has 1 aromatic carbocycles. The first-order valence-electron chi connectivity index (χ1n) is 7.41. The zero-order valence-electron chi connectivity index (χ0n) is 13.3. The van der Waals surface area contributed by atoms with Crippen molar-refractivity contribution in [2.75, 3.05) is 11.4 Å². The van der Waals surface area contributed by atoms with Crippen LogP contribution < -0.4 is 10.2 Å². The molecule has 21 heavy (non-hydrogen) atoms. The maximum absolute atomic E-state index is 12.1. The van der Waals surface area contributed by atoms with Crippen LogP contribution in [0.4, 0.5) is 5.69 Å². The minimum absolute atomic E-state index is 0.0195. The molecule has 4 nitrogen and oxygen atoms in total. The second kappa shape index (κ2) is 5.88. The van der Waals surface area contributed by atoms with Crippen LogP contribution in [0.5, 0.6) is 0 Å². The minimum Gasteiger partial charge on any atom is -0.351 e. The highest BCUT2D eigenvalue weighted by Crippen LogP contribution is 2.23. The van der Waals surface area contributed by atoms with Crippen molar-refractivity contribution in [3.8, 4) is 0 Å². The smallest absolute Gasteiger partial charge is 0.229 e. The SMILES string of the molecule is Cc1ccc(N2C[C@H](NC(=O)CC(C)(C)C)CC2=O)cc1. The van der Waals surface area contributed by atoms with Crippen molar-refractivity contribution in [1.82, 2.24) is 5.32 Å². The van der Waals surface area contributed by atoms with Gasteiger partial charge in [0.15, 0.2) is 0 Å². The Morgan fingerprint density at radius 3 is 2.48 bits per heavy atom. The topological polar surface area (TPSA) is 49.4 Å². The third-order valence-corrected chi connectivity index (χ3v) is 3.53. The molecule has 0 radical (unpaired) electrons. The van der Waals surface area contributed by atoms with Crippen LogP contribution in [0, 0.1) is 12.3 Å². The van der Waals surface area contributed by atoms with Crippen LogP contribution in [-0.2, 0) is 9.59 Å². The number of carbonyl (C=O) groups is 2. The van der Waals surface area contributed by atoms with E-state index in [4.69, 9.17) is 0 Å². The lowest BCUT2D eigenvalue weighted by molar-refractivity contribution is -0.123. The second-order valence-corrected chi connectivity index (χ2v) is 7.05. The van der Waals surface area contributed by atoms with Gasteiger partial charge in [0.25, 0.3) is 0 Å². The fraction of sp³-hybridized carbons (Fsp3) is 0.529. The highest BCUT2D eigenvalue weighted by atomic mass is 16.2. The summed E-state index contributed by atoms with van der Waals surface area (Å²) in [6.07, 6.45) is 0.853. The molecule has 4 heteroatoms. The Kier molecular flexibility index (Phi) is 4.35. The molecule has 0 bridgehead atoms. The fourth-order valence-electron chi connectivity index (χ4n) is 2.54. The van der Waals surface area contributed by atoms with Gasteiger partial charge in [0.05, 0.1) is 6.04 Å². The molecule has 1 aromatic rings. The summed E-state index contributed by atoms with van der Waals surface area (Å²) in [5.41, 5.74) is 2.03. The zero-order valence-corrected chi connectivity index (χ0v) is 13.3. The molecule has 0 aliphatic carbocycles. The molecule has 2 rings (SSSR count). The Morgan fingerprint density at radius 2 is 1.90 bits per heavy atom. The highest BCUT2D eigenvalue weighted by Gasteiger charge is 2.32. The molecule has 0 spiro atoms. The van der Waals surface area contributed by atoms with E-state index in [2.05, 4.69) is 5.32 Å². The molecular formula is C17H24N2O2. The number of hydrogen-bond acceptors (Lipinski definition) is 2. The molecule has 0 unspecified atom stereocenters. The van der Waals surface area contributed by atoms with Gasteiger partial charge in [0.2, 0.25) is 11.8 Å². The molecular weight excluding hydrogens is 264 g/mol. The molecule has 1 aliphatic rings. The monoisotopic (exact) mass is 288 g/mol. The Hall–Kier alpha value is -1.84. The van der Waals surface area contributed by atoms with Gasteiger partial charge in [0.1, 0.15) is 0 Å². The average Bonchev–Trinajstić information content (AvgIpc) is 2.68. The van der Waals surface area contributed by atoms with E-state index in [0.717, 1.165) is 5.69 Å². The third-order valence-electron chi connectivity index (χ3n) is 3.53. The van der Waals surface area contributed by atoms with E-state index in [1.807, 2.05) is 52.0 Å². The van der Waals surface area contributed by atoms with E-state index < -0.39 is 0 Å². The molecule has 0 aromatic heterocycles. The fourth-order valence-corrected chi connectivity index (χ4v) is 2.54. The van der Waals surface area contributed by atoms with E-state index in [0.29, 0.717) is 19.4 Å². The summed E-state index contributed by atoms with van der Waals surface area (Å²) < 4.78 is 0. The first-order chi connectivity index (χ1) is 9.74. The van der Waals surface area contributed by atoms with Crippen LogP contribution >= 0.6 is 0 Å². The number of amides is 2. The lowest BCUT2D eigenvalue weighted by Crippen LogP contribution is -2.38. The van der Waals surface area contributed by atoms with Gasteiger partial charge in [-0.05, 0) is 24.5 Å². The van der Waals surface area contributed by atoms with Gasteiger partial charge in [-0.2, -0.15) is 0 Å². The molecule has 114 valence electrons. The maximum atomic E-state index is 12.1. The third kappa shape index (κ3) is 4.31. The lowest BCUT2D eigenvalue weighted by atomic mass is 9.92. The number of benzene rings is 1. The van der Waals surface area contributed by atoms with Crippen LogP contribution in [0.25, 0.3) is 0 Å². The standard InChI is InChI=1S/C17H24N2O2/c1-12-5-7-14(8-6-12)19-11-13(9-16(19)21)18-15(20)10-17(2,3)4/h5-8,13H,9-11H2,1-4H3,(H,18,20)/t13-/m1/s1. The van der Waals surface area contributed by atoms with Crippen molar-refractivity contribution in [2.45, 2.75) is 46.6 Å². The normalized spacial score (nSPS) is 19.0. The molecule has 1 atom stereocenters. The van der Waals surface area contributed by atoms with Crippen LogP contribution in [0.1, 0.15) is 39.2 Å². The van der Waals surface area contributed by atoms with E-state index in [9.17, 15) is 9.59 Å². The van der Waals surface area contributed by atoms with Crippen molar-refractivity contribution in [3.05, 3.63) is 29.8 Å². The van der Waals surface area contributed by atoms with Crippen molar-refractivity contribution < 1.29 is 9.59 Å². The molecule has 1 heterocycles. The number of aryl methyl sites for hydroxylation is 1. The Morgan fingerprint density at radius 1 is 1.29 bits per heavy atom. The molecule has 1 saturated heterocycles. The molecule has 1 N–H and O–H groups in total. The summed E-state index contributed by atoms with van der Waals surface area (Å²) >= 11 is 0. The largest absolute Gasteiger partial charge is 0.351 e. The molecule has 1 aliphatic heterocycles. The van der Waals surface area contributed by atoms with Gasteiger partial charge in [-0.15, -0.1) is 0 Å². The van der Waals surface area contributed by atoms with Gasteiger partial charge in [-0.1, -0.05) is 38.5 Å². The number of hydrogen-bond donors (Lipinski definition) is 1. The van der Waals surface area contributed by atoms with E-state index in [1.165, 1.54) is 5.56 Å². The predicted molar refractivity (Wildman–Crippen MR) is 84.2 cm³/mol. The Labute approximate surface area is 126 Å². The molecule has 1 fully saturated rings. The number of carbonyl (C=O) groups excluding carboxylic acids is 2. The van der Waals surface area contributed by atoms with Crippen LogP contribution in [0.2, 0.25) is 0 Å². The Balaban J connectivity index is 1.96. The van der Waals surface area contributed by atoms with Crippen LogP contribution in [-0.4, -0.2) is 24.4 Å². The summed E-state index contributed by atoms with van der Waals surface area (Å²) in [5, 5.41) is 2.98. The first kappa shape index (κ1) is 15.5. The van der Waals surface area contributed by atoms with Gasteiger partial charge < -0.3 is 10.2 Å². The first-order valence-corrected chi connectivity index (χ1v) is 7.41. The van der Waals surface area contributed by atoms with Crippen molar-refractivity contribution in [2.24, 2.45) is 5.41 Å². The number of nitrogens with zero attached hydrogens (tertiary/aromatic N) is 1. The highest BCUT2D eigenvalue weighted by molar-refractivity contribution is 5.96. The van der Waals surface area contributed by atoms with E-state index >= 15 is 0 Å². The minimum atomic E-state index is -0.0892. The summed E-state index contributed by atoms with van der Waals surface area (Å²) in [6, 6.07) is 7.80. The molecule has 2 amide bonds. The Bertz CT molecular complexity index is 529. The van der Waals surface area contributed by atoms with E-state index in [-0.39, 0.29) is 23.3 Å². The number of anilines is 1. The van der Waals surface area contributed by atoms with Crippen molar-refractivity contribution in [3.63, 3.8) is 0 Å². The van der Waals surface area contributed by atoms with Gasteiger partial charge >= 0.3 is 0 Å². The summed E-state index contributed by atoms with van der Waals surface area (Å²) in [4.78, 5) is 25.8. The summed E-state index contributed by atoms with van der Waals surface area (Å²) in [6.45, 7) is 8.67. The quantitative estimate of drug-likeness (QED) is 0.929. The molecule has 0 saturated carbocycles. The van der Waals surface area contributed by atoms with Gasteiger partial charge in [0, 0.05) is 25.1 Å². The van der Waals surface area contributed by atoms with Crippen LogP contribution in [0.15, 0.2) is 24.3 Å². The summed E-state index contributed by atoms with van der Waals surface area (Å²) in [5.74, 6) is 0.0889.